The van der Waals surface area contributed by atoms with Crippen LogP contribution in [-0.4, -0.2) is 30.1 Å². The molecule has 0 bridgehead atoms. The van der Waals surface area contributed by atoms with Gasteiger partial charge in [-0.15, -0.1) is 0 Å². The number of imidazole rings is 1. The van der Waals surface area contributed by atoms with Crippen LogP contribution >= 0.6 is 0 Å². The number of carbonyl (C=O) groups excluding carboxylic acids is 1. The minimum absolute atomic E-state index is 0.00810. The first-order valence-corrected chi connectivity index (χ1v) is 8.27. The molecule has 130 valence electrons. The number of aryl methyl sites for hydroxylation is 3. The predicted octanol–water partition coefficient (Wildman–Crippen LogP) is 2.61. The third-order valence-corrected chi connectivity index (χ3v) is 4.57. The molecule has 25 heavy (non-hydrogen) atoms. The molecule has 3 rings (SSSR count). The molecule has 6 nitrogen and oxygen atoms in total. The second kappa shape index (κ2) is 6.93. The van der Waals surface area contributed by atoms with E-state index < -0.39 is 0 Å². The maximum atomic E-state index is 13.1. The Balaban J connectivity index is 1.94. The molecule has 6 heteroatoms. The van der Waals surface area contributed by atoms with Gasteiger partial charge in [-0.25, -0.2) is 4.98 Å². The molecule has 0 unspecified atom stereocenters. The summed E-state index contributed by atoms with van der Waals surface area (Å²) in [5.74, 6) is 0.842. The van der Waals surface area contributed by atoms with E-state index in [9.17, 15) is 4.79 Å². The van der Waals surface area contributed by atoms with Crippen LogP contribution in [0.3, 0.4) is 0 Å². The Hall–Kier alpha value is -2.89. The quantitative estimate of drug-likeness (QED) is 0.719. The second-order valence-electron chi connectivity index (χ2n) is 6.25. The monoisotopic (exact) mass is 337 g/mol. The lowest BCUT2D eigenvalue weighted by Gasteiger charge is -2.23. The Kier molecular flexibility index (Phi) is 4.70. The van der Waals surface area contributed by atoms with Crippen molar-refractivity contribution in [1.29, 1.82) is 0 Å². The van der Waals surface area contributed by atoms with Gasteiger partial charge in [-0.1, -0.05) is 18.2 Å². The zero-order valence-corrected chi connectivity index (χ0v) is 15.1. The molecule has 0 saturated carbocycles. The lowest BCUT2D eigenvalue weighted by molar-refractivity contribution is 0.0723. The summed E-state index contributed by atoms with van der Waals surface area (Å²) in [4.78, 5) is 19.3. The normalized spacial score (nSPS) is 10.9. The van der Waals surface area contributed by atoms with E-state index in [1.165, 1.54) is 0 Å². The molecule has 0 N–H and O–H groups in total. The molecule has 2 heterocycles. The third kappa shape index (κ3) is 3.47. The SMILES string of the molecule is Cc1nn(C)c(C)c1CN(Cc1nccn1C)C(=O)c1ccccc1. The van der Waals surface area contributed by atoms with E-state index in [2.05, 4.69) is 10.1 Å². The van der Waals surface area contributed by atoms with Gasteiger partial charge in [-0.3, -0.25) is 9.48 Å². The first-order valence-electron chi connectivity index (χ1n) is 8.27. The van der Waals surface area contributed by atoms with Gasteiger partial charge in [0.1, 0.15) is 5.82 Å². The summed E-state index contributed by atoms with van der Waals surface area (Å²) in [5.41, 5.74) is 3.78. The highest BCUT2D eigenvalue weighted by atomic mass is 16.2. The molecule has 0 spiro atoms. The summed E-state index contributed by atoms with van der Waals surface area (Å²) in [5, 5.41) is 4.47. The standard InChI is InChI=1S/C19H23N5O/c1-14-17(15(2)23(4)21-14)12-24(13-18-20-10-11-22(18)3)19(25)16-8-6-5-7-9-16/h5-11H,12-13H2,1-4H3. The van der Waals surface area contributed by atoms with Crippen LogP contribution in [0.15, 0.2) is 42.7 Å². The zero-order valence-electron chi connectivity index (χ0n) is 15.1. The molecule has 1 amide bonds. The summed E-state index contributed by atoms with van der Waals surface area (Å²) in [6.45, 7) is 4.96. The molecule has 0 fully saturated rings. The van der Waals surface area contributed by atoms with Crippen molar-refractivity contribution in [2.45, 2.75) is 26.9 Å². The molecular formula is C19H23N5O. The van der Waals surface area contributed by atoms with Crippen molar-refractivity contribution in [3.63, 3.8) is 0 Å². The summed E-state index contributed by atoms with van der Waals surface area (Å²) in [7, 11) is 3.86. The number of hydrogen-bond donors (Lipinski definition) is 0. The highest BCUT2D eigenvalue weighted by Crippen LogP contribution is 2.18. The molecule has 0 saturated heterocycles. The van der Waals surface area contributed by atoms with E-state index in [4.69, 9.17) is 0 Å². The van der Waals surface area contributed by atoms with Gasteiger partial charge in [0.15, 0.2) is 0 Å². The van der Waals surface area contributed by atoms with Gasteiger partial charge in [-0.2, -0.15) is 5.10 Å². The largest absolute Gasteiger partial charge is 0.337 e. The number of carbonyl (C=O) groups is 1. The minimum atomic E-state index is -0.00810. The van der Waals surface area contributed by atoms with Crippen molar-refractivity contribution in [2.75, 3.05) is 0 Å². The summed E-state index contributed by atoms with van der Waals surface area (Å²) < 4.78 is 3.80. The number of hydrogen-bond acceptors (Lipinski definition) is 3. The number of rotatable bonds is 5. The fourth-order valence-corrected chi connectivity index (χ4v) is 2.92. The van der Waals surface area contributed by atoms with Gasteiger partial charge in [0, 0.05) is 43.3 Å². The maximum Gasteiger partial charge on any atom is 0.254 e. The lowest BCUT2D eigenvalue weighted by Crippen LogP contribution is -2.31. The number of aromatic nitrogens is 4. The number of nitrogens with zero attached hydrogens (tertiary/aromatic N) is 5. The molecule has 0 aliphatic heterocycles. The van der Waals surface area contributed by atoms with Crippen LogP contribution in [0.2, 0.25) is 0 Å². The Bertz CT molecular complexity index is 879. The van der Waals surface area contributed by atoms with Gasteiger partial charge >= 0.3 is 0 Å². The average molecular weight is 337 g/mol. The van der Waals surface area contributed by atoms with Crippen LogP contribution in [-0.2, 0) is 27.2 Å². The van der Waals surface area contributed by atoms with Crippen molar-refractivity contribution < 1.29 is 4.79 Å². The van der Waals surface area contributed by atoms with Crippen LogP contribution in [0.4, 0.5) is 0 Å². The molecule has 1 aromatic carbocycles. The third-order valence-electron chi connectivity index (χ3n) is 4.57. The summed E-state index contributed by atoms with van der Waals surface area (Å²) >= 11 is 0. The van der Waals surface area contributed by atoms with Crippen molar-refractivity contribution in [3.05, 3.63) is 71.1 Å². The number of amides is 1. The molecule has 0 radical (unpaired) electrons. The van der Waals surface area contributed by atoms with Gasteiger partial charge in [0.2, 0.25) is 0 Å². The van der Waals surface area contributed by atoms with Gasteiger partial charge in [0.25, 0.3) is 5.91 Å². The molecule has 2 aromatic heterocycles. The van der Waals surface area contributed by atoms with Gasteiger partial charge < -0.3 is 9.47 Å². The summed E-state index contributed by atoms with van der Waals surface area (Å²) in [6, 6.07) is 9.36. The number of benzene rings is 1. The Morgan fingerprint density at radius 3 is 2.40 bits per heavy atom. The smallest absolute Gasteiger partial charge is 0.254 e. The van der Waals surface area contributed by atoms with Gasteiger partial charge in [-0.05, 0) is 26.0 Å². The Morgan fingerprint density at radius 2 is 1.84 bits per heavy atom. The first-order chi connectivity index (χ1) is 12.0. The van der Waals surface area contributed by atoms with E-state index in [1.54, 1.807) is 6.20 Å². The Labute approximate surface area is 147 Å². The maximum absolute atomic E-state index is 13.1. The van der Waals surface area contributed by atoms with Gasteiger partial charge in [0.05, 0.1) is 18.8 Å². The molecule has 0 aliphatic rings. The average Bonchev–Trinajstić information content (AvgIpc) is 3.12. The molecule has 3 aromatic rings. The topological polar surface area (TPSA) is 56.0 Å². The van der Waals surface area contributed by atoms with E-state index >= 15 is 0 Å². The molecule has 0 aliphatic carbocycles. The van der Waals surface area contributed by atoms with Crippen molar-refractivity contribution in [1.82, 2.24) is 24.2 Å². The minimum Gasteiger partial charge on any atom is -0.337 e. The van der Waals surface area contributed by atoms with E-state index in [-0.39, 0.29) is 5.91 Å². The van der Waals surface area contributed by atoms with E-state index in [0.717, 1.165) is 22.8 Å². The molecular weight excluding hydrogens is 314 g/mol. The van der Waals surface area contributed by atoms with Crippen LogP contribution in [0, 0.1) is 13.8 Å². The van der Waals surface area contributed by atoms with Crippen LogP contribution in [0.25, 0.3) is 0 Å². The molecule has 0 atom stereocenters. The Morgan fingerprint density at radius 1 is 1.12 bits per heavy atom. The highest BCUT2D eigenvalue weighted by Gasteiger charge is 2.21. The summed E-state index contributed by atoms with van der Waals surface area (Å²) in [6.07, 6.45) is 3.64. The lowest BCUT2D eigenvalue weighted by atomic mass is 10.1. The predicted molar refractivity (Wildman–Crippen MR) is 95.9 cm³/mol. The van der Waals surface area contributed by atoms with E-state index in [0.29, 0.717) is 18.7 Å². The van der Waals surface area contributed by atoms with Crippen molar-refractivity contribution in [3.8, 4) is 0 Å². The second-order valence-corrected chi connectivity index (χ2v) is 6.25. The fourth-order valence-electron chi connectivity index (χ4n) is 2.92. The zero-order chi connectivity index (χ0) is 18.0. The van der Waals surface area contributed by atoms with Crippen molar-refractivity contribution in [2.24, 2.45) is 14.1 Å². The fraction of sp³-hybridized carbons (Fsp3) is 0.316. The van der Waals surface area contributed by atoms with Crippen LogP contribution < -0.4 is 0 Å². The van der Waals surface area contributed by atoms with E-state index in [1.807, 2.05) is 78.6 Å². The highest BCUT2D eigenvalue weighted by molar-refractivity contribution is 5.94. The van der Waals surface area contributed by atoms with Crippen molar-refractivity contribution >= 4 is 5.91 Å². The first kappa shape index (κ1) is 17.0. The van der Waals surface area contributed by atoms with Crippen LogP contribution in [0.1, 0.15) is 33.1 Å². The van der Waals surface area contributed by atoms with Crippen LogP contribution in [0.5, 0.6) is 0 Å².